The van der Waals surface area contributed by atoms with Crippen molar-refractivity contribution in [3.05, 3.63) is 61.3 Å². The lowest BCUT2D eigenvalue weighted by Gasteiger charge is -2.19. The van der Waals surface area contributed by atoms with Gasteiger partial charge in [-0.05, 0) is 18.2 Å². The molecule has 7 N–H and O–H groups in total. The number of hydrogen-bond donors (Lipinski definition) is 7. The van der Waals surface area contributed by atoms with Gasteiger partial charge < -0.3 is 39.3 Å². The highest BCUT2D eigenvalue weighted by Crippen LogP contribution is 2.66. The lowest BCUT2D eigenvalue weighted by molar-refractivity contribution is -0.139. The maximum absolute atomic E-state index is 11.7. The summed E-state index contributed by atoms with van der Waals surface area (Å²) in [5, 5.41) is 19.0. The molecular formula is C17H21Cl2N2O17P3. The average molecular weight is 689 g/mol. The van der Waals surface area contributed by atoms with Crippen LogP contribution in [0.25, 0.3) is 0 Å². The fourth-order valence-electron chi connectivity index (χ4n) is 2.89. The molecule has 19 nitrogen and oxygen atoms in total. The number of phosphoric ester groups is 1. The van der Waals surface area contributed by atoms with Gasteiger partial charge in [0.1, 0.15) is 18.1 Å². The summed E-state index contributed by atoms with van der Waals surface area (Å²) in [5.41, 5.74) is -1.50. The molecule has 0 radical (unpaired) electrons. The fraction of sp³-hybridized carbons (Fsp3) is 0.353. The second-order valence-corrected chi connectivity index (χ2v) is 12.9. The smallest absolute Gasteiger partial charge is 0.480 e. The Morgan fingerprint density at radius 1 is 1.07 bits per heavy atom. The van der Waals surface area contributed by atoms with E-state index in [1.807, 2.05) is 4.98 Å². The molecule has 2 unspecified atom stereocenters. The van der Waals surface area contributed by atoms with E-state index in [1.165, 1.54) is 12.1 Å². The van der Waals surface area contributed by atoms with Gasteiger partial charge in [-0.25, -0.2) is 23.3 Å². The molecule has 3 rings (SSSR count). The number of benzene rings is 1. The third kappa shape index (κ3) is 12.5. The quantitative estimate of drug-likeness (QED) is 0.162. The Hall–Kier alpha value is -1.92. The van der Waals surface area contributed by atoms with Crippen LogP contribution in [0.2, 0.25) is 10.0 Å². The van der Waals surface area contributed by atoms with Crippen LogP contribution in [0.5, 0.6) is 5.75 Å². The van der Waals surface area contributed by atoms with Crippen molar-refractivity contribution in [3.63, 3.8) is 0 Å². The zero-order valence-corrected chi connectivity index (χ0v) is 24.2. The van der Waals surface area contributed by atoms with Gasteiger partial charge in [-0.2, -0.15) is 8.62 Å². The van der Waals surface area contributed by atoms with E-state index in [4.69, 9.17) is 52.5 Å². The molecule has 1 aromatic heterocycles. The van der Waals surface area contributed by atoms with Gasteiger partial charge in [-0.15, -0.1) is 0 Å². The third-order valence-electron chi connectivity index (χ3n) is 4.43. The SMILES string of the molecule is O=C(O)COc1ccc(Cl)cc1Cl.O=c1ccn([C@H]2C[C@H](O)[C@@H](COP(=O)(O)OP(=O)(O)OP(=O)(O)O)O2)c(=O)[nH]1. The first-order chi connectivity index (χ1) is 18.8. The molecule has 1 aliphatic heterocycles. The Morgan fingerprint density at radius 3 is 2.29 bits per heavy atom. The van der Waals surface area contributed by atoms with E-state index in [1.54, 1.807) is 6.07 Å². The number of hydrogen-bond acceptors (Lipinski definition) is 12. The van der Waals surface area contributed by atoms with Gasteiger partial charge in [0.25, 0.3) is 5.56 Å². The number of ether oxygens (including phenoxy) is 2. The summed E-state index contributed by atoms with van der Waals surface area (Å²) in [5.74, 6) is -0.737. The first-order valence-electron chi connectivity index (χ1n) is 10.5. The summed E-state index contributed by atoms with van der Waals surface area (Å²) in [7, 11) is -16.6. The minimum absolute atomic E-state index is 0.170. The van der Waals surface area contributed by atoms with Crippen LogP contribution in [0.1, 0.15) is 12.6 Å². The van der Waals surface area contributed by atoms with Crippen molar-refractivity contribution in [3.8, 4) is 5.75 Å². The number of rotatable bonds is 11. The largest absolute Gasteiger partial charge is 0.490 e. The van der Waals surface area contributed by atoms with Crippen molar-refractivity contribution in [1.29, 1.82) is 0 Å². The molecule has 1 aliphatic rings. The topological polar surface area (TPSA) is 291 Å². The van der Waals surface area contributed by atoms with Crippen molar-refractivity contribution < 1.29 is 70.9 Å². The van der Waals surface area contributed by atoms with Crippen LogP contribution in [0.4, 0.5) is 0 Å². The Bertz CT molecular complexity index is 1490. The molecule has 0 saturated carbocycles. The zero-order chi connectivity index (χ0) is 31.2. The van der Waals surface area contributed by atoms with Crippen LogP contribution in [0.15, 0.2) is 40.1 Å². The molecule has 2 heterocycles. The van der Waals surface area contributed by atoms with E-state index >= 15 is 0 Å². The molecule has 2 aromatic rings. The van der Waals surface area contributed by atoms with Crippen LogP contribution in [-0.2, 0) is 36.4 Å². The van der Waals surface area contributed by atoms with Crippen molar-refractivity contribution in [2.45, 2.75) is 24.9 Å². The van der Waals surface area contributed by atoms with Crippen LogP contribution in [-0.4, -0.2) is 70.7 Å². The fourth-order valence-corrected chi connectivity index (χ4v) is 6.39. The number of carboxylic acids is 1. The molecule has 1 aromatic carbocycles. The van der Waals surface area contributed by atoms with E-state index in [-0.39, 0.29) is 6.42 Å². The third-order valence-corrected chi connectivity index (χ3v) is 8.76. The second kappa shape index (κ2) is 14.5. The number of aliphatic hydroxyl groups excluding tert-OH is 1. The number of aromatic amines is 1. The minimum atomic E-state index is -5.67. The maximum atomic E-state index is 11.7. The summed E-state index contributed by atoms with van der Waals surface area (Å²) in [6, 6.07) is 5.61. The van der Waals surface area contributed by atoms with Crippen molar-refractivity contribution in [1.82, 2.24) is 9.55 Å². The number of nitrogens with zero attached hydrogens (tertiary/aromatic N) is 1. The van der Waals surface area contributed by atoms with Gasteiger partial charge >= 0.3 is 35.1 Å². The molecular weight excluding hydrogens is 668 g/mol. The number of aromatic nitrogens is 2. The Kier molecular flexibility index (Phi) is 12.5. The van der Waals surface area contributed by atoms with Gasteiger partial charge in [0.15, 0.2) is 6.61 Å². The Balaban J connectivity index is 0.000000377. The molecule has 230 valence electrons. The monoisotopic (exact) mass is 688 g/mol. The Labute approximate surface area is 238 Å². The van der Waals surface area contributed by atoms with Gasteiger partial charge in [0, 0.05) is 23.7 Å². The lowest BCUT2D eigenvalue weighted by Crippen LogP contribution is -2.31. The number of carboxylic acid groups (broad SMARTS) is 1. The van der Waals surface area contributed by atoms with Crippen LogP contribution < -0.4 is 16.0 Å². The predicted molar refractivity (Wildman–Crippen MR) is 135 cm³/mol. The maximum Gasteiger partial charge on any atom is 0.490 e. The summed E-state index contributed by atoms with van der Waals surface area (Å²) in [4.78, 5) is 70.1. The van der Waals surface area contributed by atoms with E-state index < -0.39 is 72.3 Å². The van der Waals surface area contributed by atoms with Crippen molar-refractivity contribution in [2.75, 3.05) is 13.2 Å². The van der Waals surface area contributed by atoms with Gasteiger partial charge in [0.05, 0.1) is 17.7 Å². The number of aliphatic hydroxyl groups is 1. The average Bonchev–Trinajstić information content (AvgIpc) is 3.15. The minimum Gasteiger partial charge on any atom is -0.480 e. The number of halogens is 2. The van der Waals surface area contributed by atoms with Gasteiger partial charge in [-0.1, -0.05) is 23.2 Å². The molecule has 1 saturated heterocycles. The van der Waals surface area contributed by atoms with Gasteiger partial charge in [-0.3, -0.25) is 18.9 Å². The standard InChI is InChI=1S/C9H15N2O14P3.C8H6Cl2O3/c12-5-3-8(11-2-1-7(13)10-9(11)14)23-6(5)4-22-27(18,19)25-28(20,21)24-26(15,16)17;9-5-1-2-7(6(10)3-5)13-4-8(11)12/h1-2,5-6,8,12H,3-4H2,(H,18,19)(H,20,21)(H,10,13,14)(H2,15,16,17);1-3H,4H2,(H,11,12)/t5-,6+,8+;/m0./s1. The van der Waals surface area contributed by atoms with Crippen LogP contribution in [0.3, 0.4) is 0 Å². The van der Waals surface area contributed by atoms with E-state index in [2.05, 4.69) is 13.1 Å². The summed E-state index contributed by atoms with van der Waals surface area (Å²) in [6.45, 7) is -1.29. The normalized spacial score (nSPS) is 21.7. The molecule has 0 spiro atoms. The first kappa shape index (κ1) is 35.3. The number of nitrogens with one attached hydrogen (secondary N) is 1. The highest BCUT2D eigenvalue weighted by molar-refractivity contribution is 7.66. The molecule has 5 atom stereocenters. The van der Waals surface area contributed by atoms with Crippen molar-refractivity contribution >= 4 is 52.6 Å². The molecule has 0 amide bonds. The van der Waals surface area contributed by atoms with E-state index in [9.17, 15) is 38.1 Å². The number of aliphatic carboxylic acids is 1. The molecule has 1 fully saturated rings. The molecule has 0 bridgehead atoms. The predicted octanol–water partition coefficient (Wildman–Crippen LogP) is 0.985. The number of carbonyl (C=O) groups is 1. The van der Waals surface area contributed by atoms with E-state index in [0.29, 0.717) is 15.8 Å². The van der Waals surface area contributed by atoms with Crippen LogP contribution >= 0.6 is 46.7 Å². The summed E-state index contributed by atoms with van der Waals surface area (Å²) in [6.07, 6.45) is -2.74. The molecule has 0 aliphatic carbocycles. The summed E-state index contributed by atoms with van der Waals surface area (Å²) >= 11 is 11.3. The second-order valence-electron chi connectivity index (χ2n) is 7.59. The van der Waals surface area contributed by atoms with E-state index in [0.717, 1.165) is 16.8 Å². The molecule has 24 heteroatoms. The zero-order valence-electron chi connectivity index (χ0n) is 20.0. The van der Waals surface area contributed by atoms with Crippen LogP contribution in [0, 0.1) is 0 Å². The summed E-state index contributed by atoms with van der Waals surface area (Å²) < 4.78 is 55.9. The highest BCUT2D eigenvalue weighted by atomic mass is 35.5. The number of H-pyrrole nitrogens is 1. The Morgan fingerprint density at radius 2 is 1.73 bits per heavy atom. The number of phosphoric acid groups is 3. The lowest BCUT2D eigenvalue weighted by atomic mass is 10.2. The van der Waals surface area contributed by atoms with Crippen molar-refractivity contribution in [2.24, 2.45) is 0 Å². The molecule has 41 heavy (non-hydrogen) atoms. The highest BCUT2D eigenvalue weighted by Gasteiger charge is 2.42. The first-order valence-corrected chi connectivity index (χ1v) is 15.8. The van der Waals surface area contributed by atoms with Gasteiger partial charge in [0.2, 0.25) is 0 Å².